The highest BCUT2D eigenvalue weighted by Gasteiger charge is 2.11. The van der Waals surface area contributed by atoms with Gasteiger partial charge in [0.25, 0.3) is 0 Å². The highest BCUT2D eigenvalue weighted by molar-refractivity contribution is 5.94. The van der Waals surface area contributed by atoms with Crippen LogP contribution in [-0.4, -0.2) is 28.0 Å². The third-order valence-corrected chi connectivity index (χ3v) is 1.82. The summed E-state index contributed by atoms with van der Waals surface area (Å²) in [6.45, 7) is 1.40. The summed E-state index contributed by atoms with van der Waals surface area (Å²) >= 11 is 0. The number of nitrogens with zero attached hydrogens (tertiary/aromatic N) is 1. The molecule has 0 aliphatic rings. The molecule has 0 saturated carbocycles. The van der Waals surface area contributed by atoms with Crippen molar-refractivity contribution in [2.45, 2.75) is 13.0 Å². The van der Waals surface area contributed by atoms with Gasteiger partial charge in [0.15, 0.2) is 0 Å². The summed E-state index contributed by atoms with van der Waals surface area (Å²) in [7, 11) is 0. The maximum atomic E-state index is 11.2. The molecule has 0 spiro atoms. The number of pyridine rings is 1. The van der Waals surface area contributed by atoms with Crippen LogP contribution in [0.1, 0.15) is 12.6 Å². The van der Waals surface area contributed by atoms with E-state index in [2.05, 4.69) is 10.3 Å². The lowest BCUT2D eigenvalue weighted by Gasteiger charge is -2.05. The zero-order chi connectivity index (χ0) is 12.0. The number of nitrogens with one attached hydrogen (secondary N) is 1. The lowest BCUT2D eigenvalue weighted by Crippen LogP contribution is -2.37. The van der Waals surface area contributed by atoms with Crippen LogP contribution in [0.15, 0.2) is 30.5 Å². The number of amides is 1. The molecule has 5 heteroatoms. The molecule has 1 atom stereocenters. The highest BCUT2D eigenvalue weighted by atomic mass is 16.4. The number of hydrogen-bond donors (Lipinski definition) is 2. The first kappa shape index (κ1) is 11.9. The smallest absolute Gasteiger partial charge is 0.325 e. The Balaban J connectivity index is 2.52. The van der Waals surface area contributed by atoms with Gasteiger partial charge in [0.05, 0.1) is 5.69 Å². The van der Waals surface area contributed by atoms with E-state index in [1.807, 2.05) is 0 Å². The van der Waals surface area contributed by atoms with Crippen LogP contribution in [0.4, 0.5) is 0 Å². The number of carboxylic acids is 1. The molecule has 0 bridgehead atoms. The number of aliphatic carboxylic acids is 1. The van der Waals surface area contributed by atoms with Gasteiger partial charge >= 0.3 is 5.97 Å². The molecule has 0 unspecified atom stereocenters. The second-order valence-electron chi connectivity index (χ2n) is 3.16. The van der Waals surface area contributed by atoms with Crippen LogP contribution in [-0.2, 0) is 9.59 Å². The molecule has 0 radical (unpaired) electrons. The minimum atomic E-state index is -1.07. The molecule has 0 saturated heterocycles. The van der Waals surface area contributed by atoms with Gasteiger partial charge in [-0.2, -0.15) is 0 Å². The topological polar surface area (TPSA) is 79.3 Å². The Hall–Kier alpha value is -2.17. The van der Waals surface area contributed by atoms with Crippen molar-refractivity contribution in [3.8, 4) is 0 Å². The number of carbonyl (C=O) groups excluding carboxylic acids is 1. The van der Waals surface area contributed by atoms with Crippen LogP contribution >= 0.6 is 0 Å². The average Bonchev–Trinajstić information content (AvgIpc) is 2.27. The van der Waals surface area contributed by atoms with Crippen molar-refractivity contribution in [2.75, 3.05) is 0 Å². The van der Waals surface area contributed by atoms with Crippen LogP contribution in [0.2, 0.25) is 0 Å². The van der Waals surface area contributed by atoms with E-state index in [1.165, 1.54) is 19.1 Å². The van der Waals surface area contributed by atoms with E-state index >= 15 is 0 Å². The second-order valence-corrected chi connectivity index (χ2v) is 3.16. The van der Waals surface area contributed by atoms with Gasteiger partial charge in [0, 0.05) is 12.3 Å². The quantitative estimate of drug-likeness (QED) is 0.731. The maximum absolute atomic E-state index is 11.2. The summed E-state index contributed by atoms with van der Waals surface area (Å²) < 4.78 is 0. The summed E-state index contributed by atoms with van der Waals surface area (Å²) in [6.07, 6.45) is 4.38. The van der Waals surface area contributed by atoms with Crippen molar-refractivity contribution in [3.05, 3.63) is 36.2 Å². The van der Waals surface area contributed by atoms with Gasteiger partial charge in [0.1, 0.15) is 6.04 Å². The van der Waals surface area contributed by atoms with Gasteiger partial charge in [-0.15, -0.1) is 0 Å². The predicted octanol–water partition coefficient (Wildman–Crippen LogP) is 0.684. The largest absolute Gasteiger partial charge is 0.480 e. The SMILES string of the molecule is C[C@H](NC(=O)/C=C/c1ccccn1)C(=O)O. The van der Waals surface area contributed by atoms with Crippen molar-refractivity contribution >= 4 is 18.0 Å². The monoisotopic (exact) mass is 220 g/mol. The Kier molecular flexibility index (Phi) is 4.20. The first-order valence-electron chi connectivity index (χ1n) is 4.72. The molecule has 5 nitrogen and oxygen atoms in total. The summed E-state index contributed by atoms with van der Waals surface area (Å²) in [6, 6.07) is 4.40. The Labute approximate surface area is 92.8 Å². The van der Waals surface area contributed by atoms with Crippen LogP contribution in [0.3, 0.4) is 0 Å². The van der Waals surface area contributed by atoms with E-state index in [1.54, 1.807) is 24.4 Å². The van der Waals surface area contributed by atoms with Crippen molar-refractivity contribution < 1.29 is 14.7 Å². The van der Waals surface area contributed by atoms with Gasteiger partial charge in [-0.3, -0.25) is 14.6 Å². The van der Waals surface area contributed by atoms with E-state index in [0.29, 0.717) is 5.69 Å². The Morgan fingerprint density at radius 3 is 2.81 bits per heavy atom. The third-order valence-electron chi connectivity index (χ3n) is 1.82. The van der Waals surface area contributed by atoms with Crippen LogP contribution < -0.4 is 5.32 Å². The summed E-state index contributed by atoms with van der Waals surface area (Å²) in [4.78, 5) is 25.7. The van der Waals surface area contributed by atoms with Crippen LogP contribution in [0, 0.1) is 0 Å². The molecule has 1 amide bonds. The molecule has 16 heavy (non-hydrogen) atoms. The molecule has 1 rings (SSSR count). The summed E-state index contributed by atoms with van der Waals surface area (Å²) in [5, 5.41) is 10.9. The van der Waals surface area contributed by atoms with E-state index in [-0.39, 0.29) is 0 Å². The molecule has 0 aliphatic heterocycles. The number of rotatable bonds is 4. The third kappa shape index (κ3) is 3.91. The first-order valence-corrected chi connectivity index (χ1v) is 4.72. The molecule has 0 fully saturated rings. The van der Waals surface area contributed by atoms with Gasteiger partial charge < -0.3 is 10.4 Å². The van der Waals surface area contributed by atoms with Gasteiger partial charge in [-0.05, 0) is 25.1 Å². The normalized spacial score (nSPS) is 12.3. The van der Waals surface area contributed by atoms with Crippen molar-refractivity contribution in [3.63, 3.8) is 0 Å². The van der Waals surface area contributed by atoms with Gasteiger partial charge in [-0.25, -0.2) is 0 Å². The Morgan fingerprint density at radius 1 is 1.50 bits per heavy atom. The molecule has 0 aliphatic carbocycles. The number of aromatic nitrogens is 1. The van der Waals surface area contributed by atoms with Crippen molar-refractivity contribution in [2.24, 2.45) is 0 Å². The van der Waals surface area contributed by atoms with Crippen LogP contribution in [0.25, 0.3) is 6.08 Å². The fourth-order valence-electron chi connectivity index (χ4n) is 0.959. The van der Waals surface area contributed by atoms with Crippen LogP contribution in [0.5, 0.6) is 0 Å². The molecule has 1 aromatic heterocycles. The highest BCUT2D eigenvalue weighted by Crippen LogP contribution is 1.95. The molecule has 1 aromatic rings. The maximum Gasteiger partial charge on any atom is 0.325 e. The Bertz CT molecular complexity index is 401. The minimum Gasteiger partial charge on any atom is -0.480 e. The van der Waals surface area contributed by atoms with Gasteiger partial charge in [0.2, 0.25) is 5.91 Å². The van der Waals surface area contributed by atoms with E-state index in [9.17, 15) is 9.59 Å². The second kappa shape index (κ2) is 5.65. The molecular formula is C11H12N2O3. The van der Waals surface area contributed by atoms with Gasteiger partial charge in [-0.1, -0.05) is 6.07 Å². The molecule has 1 heterocycles. The number of carbonyl (C=O) groups is 2. The predicted molar refractivity (Wildman–Crippen MR) is 58.5 cm³/mol. The van der Waals surface area contributed by atoms with E-state index < -0.39 is 17.9 Å². The Morgan fingerprint density at radius 2 is 2.25 bits per heavy atom. The number of carboxylic acid groups (broad SMARTS) is 1. The molecular weight excluding hydrogens is 208 g/mol. The lowest BCUT2D eigenvalue weighted by atomic mass is 10.3. The summed E-state index contributed by atoms with van der Waals surface area (Å²) in [5.41, 5.74) is 0.639. The fraction of sp³-hybridized carbons (Fsp3) is 0.182. The molecule has 2 N–H and O–H groups in total. The minimum absolute atomic E-state index is 0.458. The van der Waals surface area contributed by atoms with Crippen molar-refractivity contribution in [1.29, 1.82) is 0 Å². The first-order chi connectivity index (χ1) is 7.59. The summed E-state index contributed by atoms with van der Waals surface area (Å²) in [5.74, 6) is -1.53. The zero-order valence-corrected chi connectivity index (χ0v) is 8.75. The zero-order valence-electron chi connectivity index (χ0n) is 8.75. The van der Waals surface area contributed by atoms with E-state index in [0.717, 1.165) is 0 Å². The standard InChI is InChI=1S/C11H12N2O3/c1-8(11(15)16)13-10(14)6-5-9-4-2-3-7-12-9/h2-8H,1H3,(H,13,14)(H,15,16)/b6-5+/t8-/m0/s1. The lowest BCUT2D eigenvalue weighted by molar-refractivity contribution is -0.140. The number of hydrogen-bond acceptors (Lipinski definition) is 3. The fourth-order valence-corrected chi connectivity index (χ4v) is 0.959. The molecule has 0 aromatic carbocycles. The molecule has 84 valence electrons. The van der Waals surface area contributed by atoms with Crippen molar-refractivity contribution in [1.82, 2.24) is 10.3 Å². The average molecular weight is 220 g/mol. The van der Waals surface area contributed by atoms with E-state index in [4.69, 9.17) is 5.11 Å².